The summed E-state index contributed by atoms with van der Waals surface area (Å²) in [5.41, 5.74) is 0.895. The molecule has 4 heteroatoms. The van der Waals surface area contributed by atoms with Crippen LogP contribution in [0.2, 0.25) is 0 Å². The van der Waals surface area contributed by atoms with Gasteiger partial charge in [0.25, 0.3) is 0 Å². The Labute approximate surface area is 119 Å². The summed E-state index contributed by atoms with van der Waals surface area (Å²) in [6, 6.07) is 9.67. The van der Waals surface area contributed by atoms with Crippen molar-refractivity contribution in [3.05, 3.63) is 35.9 Å². The number of carbonyl (C=O) groups is 1. The molecule has 1 amide bonds. The number of rotatable bonds is 4. The zero-order valence-electron chi connectivity index (χ0n) is 11.6. The smallest absolute Gasteiger partial charge is 0.407 e. The van der Waals surface area contributed by atoms with Gasteiger partial charge >= 0.3 is 6.09 Å². The topological polar surface area (TPSA) is 58.6 Å². The molecule has 1 aromatic carbocycles. The van der Waals surface area contributed by atoms with Gasteiger partial charge in [0.1, 0.15) is 6.61 Å². The average molecular weight is 275 g/mol. The predicted molar refractivity (Wildman–Crippen MR) is 75.1 cm³/mol. The van der Waals surface area contributed by atoms with Gasteiger partial charge in [-0.25, -0.2) is 4.79 Å². The van der Waals surface area contributed by atoms with E-state index in [0.717, 1.165) is 37.7 Å². The van der Waals surface area contributed by atoms with E-state index in [1.54, 1.807) is 0 Å². The summed E-state index contributed by atoms with van der Waals surface area (Å²) >= 11 is 0. The normalized spacial score (nSPS) is 31.2. The number of amides is 1. The van der Waals surface area contributed by atoms with Crippen molar-refractivity contribution in [1.82, 2.24) is 5.32 Å². The number of aliphatic hydroxyl groups excluding tert-OH is 1. The third-order valence-corrected chi connectivity index (χ3v) is 4.90. The first-order chi connectivity index (χ1) is 9.65. The molecule has 2 saturated carbocycles. The van der Waals surface area contributed by atoms with Crippen LogP contribution in [0.1, 0.15) is 37.7 Å². The molecule has 2 fully saturated rings. The first kappa shape index (κ1) is 13.4. The molecule has 0 radical (unpaired) electrons. The zero-order valence-corrected chi connectivity index (χ0v) is 11.6. The van der Waals surface area contributed by atoms with E-state index >= 15 is 0 Å². The van der Waals surface area contributed by atoms with Crippen LogP contribution in [0, 0.1) is 5.41 Å². The van der Waals surface area contributed by atoms with E-state index in [-0.39, 0.29) is 23.7 Å². The van der Waals surface area contributed by atoms with E-state index in [0.29, 0.717) is 6.61 Å². The zero-order chi connectivity index (χ0) is 14.1. The number of benzene rings is 1. The molecule has 20 heavy (non-hydrogen) atoms. The monoisotopic (exact) mass is 275 g/mol. The number of aliphatic hydroxyl groups is 1. The minimum Gasteiger partial charge on any atom is -0.445 e. The maximum atomic E-state index is 12.0. The molecule has 0 atom stereocenters. The Morgan fingerprint density at radius 3 is 2.50 bits per heavy atom. The molecule has 0 unspecified atom stereocenters. The SMILES string of the molecule is O=C(NC12CCC(CO)(CC1)C2)OCc1ccccc1. The fourth-order valence-corrected chi connectivity index (χ4v) is 3.69. The van der Waals surface area contributed by atoms with E-state index in [2.05, 4.69) is 5.32 Å². The van der Waals surface area contributed by atoms with E-state index in [4.69, 9.17) is 4.74 Å². The molecule has 0 saturated heterocycles. The highest BCUT2D eigenvalue weighted by Crippen LogP contribution is 2.56. The molecular formula is C16H21NO3. The molecule has 2 aliphatic carbocycles. The van der Waals surface area contributed by atoms with Crippen molar-refractivity contribution in [2.45, 2.75) is 44.2 Å². The first-order valence-corrected chi connectivity index (χ1v) is 7.25. The van der Waals surface area contributed by atoms with Crippen molar-refractivity contribution in [2.24, 2.45) is 5.41 Å². The molecule has 2 bridgehead atoms. The van der Waals surface area contributed by atoms with Crippen LogP contribution in [0.25, 0.3) is 0 Å². The lowest BCUT2D eigenvalue weighted by Gasteiger charge is -2.27. The number of hydrogen-bond acceptors (Lipinski definition) is 3. The van der Waals surface area contributed by atoms with Gasteiger partial charge in [-0.2, -0.15) is 0 Å². The molecule has 4 nitrogen and oxygen atoms in total. The minimum atomic E-state index is -0.343. The number of nitrogens with one attached hydrogen (secondary N) is 1. The number of ether oxygens (including phenoxy) is 1. The van der Waals surface area contributed by atoms with E-state index in [1.165, 1.54) is 0 Å². The molecule has 2 N–H and O–H groups in total. The van der Waals surface area contributed by atoms with Crippen molar-refractivity contribution in [3.63, 3.8) is 0 Å². The summed E-state index contributed by atoms with van der Waals surface area (Å²) in [5, 5.41) is 12.5. The highest BCUT2D eigenvalue weighted by Gasteiger charge is 2.54. The summed E-state index contributed by atoms with van der Waals surface area (Å²) in [6.45, 7) is 0.531. The van der Waals surface area contributed by atoms with E-state index in [9.17, 15) is 9.90 Å². The summed E-state index contributed by atoms with van der Waals surface area (Å²) in [6.07, 6.45) is 4.45. The van der Waals surface area contributed by atoms with Gasteiger partial charge in [0, 0.05) is 12.1 Å². The van der Waals surface area contributed by atoms with Gasteiger partial charge in [0.05, 0.1) is 0 Å². The third kappa shape index (κ3) is 2.52. The number of carbonyl (C=O) groups excluding carboxylic acids is 1. The predicted octanol–water partition coefficient (Wildman–Crippen LogP) is 2.61. The van der Waals surface area contributed by atoms with E-state index < -0.39 is 0 Å². The maximum Gasteiger partial charge on any atom is 0.407 e. The Bertz CT molecular complexity index is 478. The van der Waals surface area contributed by atoms with Crippen molar-refractivity contribution >= 4 is 6.09 Å². The highest BCUT2D eigenvalue weighted by molar-refractivity contribution is 5.68. The van der Waals surface area contributed by atoms with E-state index in [1.807, 2.05) is 30.3 Å². The molecule has 3 rings (SSSR count). The van der Waals surface area contributed by atoms with Gasteiger partial charge in [0.2, 0.25) is 0 Å². The van der Waals surface area contributed by atoms with Crippen molar-refractivity contribution in [3.8, 4) is 0 Å². The second-order valence-corrected chi connectivity index (χ2v) is 6.30. The molecular weight excluding hydrogens is 254 g/mol. The Morgan fingerprint density at radius 2 is 1.90 bits per heavy atom. The van der Waals surface area contributed by atoms with Crippen LogP contribution in [-0.4, -0.2) is 23.3 Å². The fourth-order valence-electron chi connectivity index (χ4n) is 3.69. The van der Waals surface area contributed by atoms with Crippen LogP contribution >= 0.6 is 0 Å². The molecule has 108 valence electrons. The van der Waals surface area contributed by atoms with Gasteiger partial charge in [-0.05, 0) is 43.1 Å². The summed E-state index contributed by atoms with van der Waals surface area (Å²) in [5.74, 6) is 0. The lowest BCUT2D eigenvalue weighted by molar-refractivity contribution is 0.126. The van der Waals surface area contributed by atoms with Gasteiger partial charge in [-0.15, -0.1) is 0 Å². The average Bonchev–Trinajstić information content (AvgIpc) is 3.02. The van der Waals surface area contributed by atoms with Crippen molar-refractivity contribution in [2.75, 3.05) is 6.61 Å². The van der Waals surface area contributed by atoms with Crippen LogP contribution in [0.15, 0.2) is 30.3 Å². The molecule has 0 aliphatic heterocycles. The van der Waals surface area contributed by atoms with Gasteiger partial charge < -0.3 is 15.2 Å². The molecule has 0 heterocycles. The standard InChI is InChI=1S/C16H21NO3/c18-12-15-6-8-16(11-15,9-7-15)17-14(19)20-10-13-4-2-1-3-5-13/h1-5,18H,6-12H2,(H,17,19). The molecule has 0 spiro atoms. The van der Waals surface area contributed by atoms with Crippen LogP contribution in [0.5, 0.6) is 0 Å². The number of fused-ring (bicyclic) bond motifs is 2. The first-order valence-electron chi connectivity index (χ1n) is 7.25. The van der Waals surface area contributed by atoms with Gasteiger partial charge in [-0.1, -0.05) is 30.3 Å². The summed E-state index contributed by atoms with van der Waals surface area (Å²) in [4.78, 5) is 12.0. The second kappa shape index (κ2) is 5.09. The summed E-state index contributed by atoms with van der Waals surface area (Å²) in [7, 11) is 0. The van der Waals surface area contributed by atoms with Crippen LogP contribution in [-0.2, 0) is 11.3 Å². The Morgan fingerprint density at radius 1 is 1.20 bits per heavy atom. The number of alkyl carbamates (subject to hydrolysis) is 1. The van der Waals surface area contributed by atoms with Crippen LogP contribution < -0.4 is 5.32 Å². The lowest BCUT2D eigenvalue weighted by Crippen LogP contribution is -2.45. The minimum absolute atomic E-state index is 0.0483. The molecule has 2 aliphatic rings. The number of hydrogen-bond donors (Lipinski definition) is 2. The fraction of sp³-hybridized carbons (Fsp3) is 0.562. The van der Waals surface area contributed by atoms with Gasteiger partial charge in [0.15, 0.2) is 0 Å². The summed E-state index contributed by atoms with van der Waals surface area (Å²) < 4.78 is 5.29. The Hall–Kier alpha value is -1.55. The van der Waals surface area contributed by atoms with Crippen molar-refractivity contribution < 1.29 is 14.6 Å². The highest BCUT2D eigenvalue weighted by atomic mass is 16.5. The van der Waals surface area contributed by atoms with Crippen LogP contribution in [0.3, 0.4) is 0 Å². The molecule has 1 aromatic rings. The largest absolute Gasteiger partial charge is 0.445 e. The second-order valence-electron chi connectivity index (χ2n) is 6.30. The van der Waals surface area contributed by atoms with Gasteiger partial charge in [-0.3, -0.25) is 0 Å². The third-order valence-electron chi connectivity index (χ3n) is 4.90. The van der Waals surface area contributed by atoms with Crippen LogP contribution in [0.4, 0.5) is 4.79 Å². The lowest BCUT2D eigenvalue weighted by atomic mass is 9.85. The van der Waals surface area contributed by atoms with Crippen molar-refractivity contribution in [1.29, 1.82) is 0 Å². The maximum absolute atomic E-state index is 12.0. The quantitative estimate of drug-likeness (QED) is 0.888. The molecule has 0 aromatic heterocycles. The Kier molecular flexibility index (Phi) is 3.42. The Balaban J connectivity index is 1.53.